The Kier molecular flexibility index (Phi) is 7.52. The summed E-state index contributed by atoms with van der Waals surface area (Å²) in [5, 5.41) is 22.0. The first-order valence-electron chi connectivity index (χ1n) is 13.0. The molecule has 208 valence electrons. The van der Waals surface area contributed by atoms with Crippen molar-refractivity contribution in [1.29, 1.82) is 5.26 Å². The predicted octanol–water partition coefficient (Wildman–Crippen LogP) is 6.89. The number of hydrogen-bond donors (Lipinski definition) is 1. The number of ether oxygens (including phenoxy) is 1. The number of nitrogens with zero attached hydrogens (tertiary/aromatic N) is 3. The summed E-state index contributed by atoms with van der Waals surface area (Å²) in [5.41, 5.74) is 11.5. The Morgan fingerprint density at radius 3 is 2.68 bits per heavy atom. The second kappa shape index (κ2) is 11.1. The fourth-order valence-electron chi connectivity index (χ4n) is 5.60. The highest BCUT2D eigenvalue weighted by Gasteiger charge is 2.41. The summed E-state index contributed by atoms with van der Waals surface area (Å²) in [4.78, 5) is 26.1. The van der Waals surface area contributed by atoms with Crippen molar-refractivity contribution in [2.45, 2.75) is 45.6 Å². The Bertz CT molecular complexity index is 1710. The van der Waals surface area contributed by atoms with E-state index < -0.39 is 16.7 Å². The number of aryl methyl sites for hydroxylation is 1. The van der Waals surface area contributed by atoms with Crippen molar-refractivity contribution < 1.29 is 18.8 Å². The van der Waals surface area contributed by atoms with E-state index >= 15 is 0 Å². The van der Waals surface area contributed by atoms with Crippen LogP contribution in [0.25, 0.3) is 0 Å². The first-order chi connectivity index (χ1) is 19.6. The van der Waals surface area contributed by atoms with Gasteiger partial charge in [0.2, 0.25) is 0 Å². The minimum atomic E-state index is -0.717. The van der Waals surface area contributed by atoms with Crippen molar-refractivity contribution in [2.24, 2.45) is 5.73 Å². The van der Waals surface area contributed by atoms with Gasteiger partial charge in [-0.15, -0.1) is 0 Å². The van der Waals surface area contributed by atoms with Crippen molar-refractivity contribution in [3.8, 4) is 11.8 Å². The van der Waals surface area contributed by atoms with E-state index in [0.717, 1.165) is 22.3 Å². The van der Waals surface area contributed by atoms with Crippen LogP contribution in [0.3, 0.4) is 0 Å². The lowest BCUT2D eigenvalue weighted by Gasteiger charge is -2.40. The van der Waals surface area contributed by atoms with Crippen LogP contribution in [0.5, 0.6) is 5.75 Å². The van der Waals surface area contributed by atoms with Crippen molar-refractivity contribution in [2.75, 3.05) is 4.90 Å². The number of anilines is 1. The number of carbonyl (C=O) groups is 1. The van der Waals surface area contributed by atoms with E-state index in [-0.39, 0.29) is 34.5 Å². The number of Topliss-reactive ketones (excluding diaryl/α,β-unsaturated/α-hetero) is 1. The number of hydrogen-bond acceptors (Lipinski definition) is 7. The maximum atomic E-state index is 13.6. The van der Waals surface area contributed by atoms with Crippen molar-refractivity contribution >= 4 is 28.8 Å². The number of benzene rings is 3. The van der Waals surface area contributed by atoms with E-state index in [0.29, 0.717) is 42.0 Å². The molecule has 2 aliphatic rings. The molecule has 3 aromatic carbocycles. The highest BCUT2D eigenvalue weighted by molar-refractivity contribution is 6.32. The molecular weight excluding hydrogens is 547 g/mol. The van der Waals surface area contributed by atoms with Crippen LogP contribution in [0.4, 0.5) is 15.8 Å². The van der Waals surface area contributed by atoms with Crippen LogP contribution < -0.4 is 15.4 Å². The van der Waals surface area contributed by atoms with E-state index in [4.69, 9.17) is 22.1 Å². The molecule has 41 heavy (non-hydrogen) atoms. The van der Waals surface area contributed by atoms with Gasteiger partial charge in [-0.25, -0.2) is 4.39 Å². The van der Waals surface area contributed by atoms with Gasteiger partial charge in [-0.3, -0.25) is 19.8 Å². The third-order valence-corrected chi connectivity index (χ3v) is 7.80. The Morgan fingerprint density at radius 2 is 1.98 bits per heavy atom. The van der Waals surface area contributed by atoms with Crippen LogP contribution in [-0.2, 0) is 11.4 Å². The molecule has 0 aromatic heterocycles. The van der Waals surface area contributed by atoms with E-state index in [1.54, 1.807) is 17.0 Å². The molecular formula is C31H26ClFN4O4. The number of rotatable bonds is 6. The highest BCUT2D eigenvalue weighted by atomic mass is 35.5. The third kappa shape index (κ3) is 5.14. The summed E-state index contributed by atoms with van der Waals surface area (Å²) < 4.78 is 19.4. The number of nitrogens with two attached hydrogens (primary N) is 1. The van der Waals surface area contributed by atoms with Crippen molar-refractivity contribution in [1.82, 2.24) is 0 Å². The van der Waals surface area contributed by atoms with Crippen molar-refractivity contribution in [3.05, 3.63) is 120 Å². The smallest absolute Gasteiger partial charge is 0.271 e. The first-order valence-corrected chi connectivity index (χ1v) is 13.4. The normalized spacial score (nSPS) is 16.9. The molecule has 10 heteroatoms. The van der Waals surface area contributed by atoms with Crippen molar-refractivity contribution in [3.63, 3.8) is 0 Å². The molecule has 1 atom stereocenters. The fraction of sp³-hybridized carbons (Fsp3) is 0.226. The number of ketones is 1. The largest absolute Gasteiger partial charge is 0.487 e. The topological polar surface area (TPSA) is 122 Å². The lowest BCUT2D eigenvalue weighted by atomic mass is 9.73. The fourth-order valence-corrected chi connectivity index (χ4v) is 5.82. The highest BCUT2D eigenvalue weighted by Crippen LogP contribution is 2.47. The number of carbonyl (C=O) groups excluding carboxylic acids is 1. The SMILES string of the molecule is Cc1cc(COc2ccc(F)cc2Cl)c(C)c(C2C(C#N)=C(N)N(c3cccc([N+](=O)[O-])c3)C3=C2C(=O)CCC3)c1. The number of non-ortho nitro benzene ring substituents is 1. The molecule has 0 amide bonds. The van der Waals surface area contributed by atoms with Crippen LogP contribution in [-0.4, -0.2) is 10.7 Å². The summed E-state index contributed by atoms with van der Waals surface area (Å²) in [7, 11) is 0. The van der Waals surface area contributed by atoms with Gasteiger partial charge in [0.25, 0.3) is 5.69 Å². The van der Waals surface area contributed by atoms with Gasteiger partial charge in [-0.1, -0.05) is 35.4 Å². The minimum absolute atomic E-state index is 0.0938. The Morgan fingerprint density at radius 1 is 1.20 bits per heavy atom. The Hall–Kier alpha value is -4.68. The molecule has 0 fully saturated rings. The van der Waals surface area contributed by atoms with Crippen LogP contribution in [0.2, 0.25) is 5.02 Å². The third-order valence-electron chi connectivity index (χ3n) is 7.50. The lowest BCUT2D eigenvalue weighted by molar-refractivity contribution is -0.384. The molecule has 0 saturated carbocycles. The van der Waals surface area contributed by atoms with Gasteiger partial charge in [-0.05, 0) is 67.6 Å². The molecule has 1 unspecified atom stereocenters. The average Bonchev–Trinajstić information content (AvgIpc) is 2.93. The number of halogens is 2. The van der Waals surface area contributed by atoms with E-state index in [9.17, 15) is 24.6 Å². The second-order valence-electron chi connectivity index (χ2n) is 10.1. The average molecular weight is 573 g/mol. The number of nitro benzene ring substituents is 1. The van der Waals surface area contributed by atoms with Gasteiger partial charge in [0.15, 0.2) is 5.78 Å². The quantitative estimate of drug-likeness (QED) is 0.252. The van der Waals surface area contributed by atoms with Crippen LogP contribution in [0.1, 0.15) is 47.4 Å². The van der Waals surface area contributed by atoms with Gasteiger partial charge in [0, 0.05) is 29.8 Å². The minimum Gasteiger partial charge on any atom is -0.487 e. The second-order valence-corrected chi connectivity index (χ2v) is 10.5. The van der Waals surface area contributed by atoms with Gasteiger partial charge >= 0.3 is 0 Å². The Labute approximate surface area is 241 Å². The monoisotopic (exact) mass is 572 g/mol. The molecule has 3 aromatic rings. The summed E-state index contributed by atoms with van der Waals surface area (Å²) >= 11 is 6.15. The summed E-state index contributed by atoms with van der Waals surface area (Å²) in [6.07, 6.45) is 1.43. The predicted molar refractivity (Wildman–Crippen MR) is 153 cm³/mol. The van der Waals surface area contributed by atoms with Gasteiger partial charge in [-0.2, -0.15) is 5.26 Å². The Balaban J connectivity index is 1.63. The molecule has 1 aliphatic heterocycles. The maximum absolute atomic E-state index is 13.6. The van der Waals surface area contributed by atoms with E-state index in [2.05, 4.69) is 6.07 Å². The van der Waals surface area contributed by atoms with Gasteiger partial charge in [0.1, 0.15) is 24.0 Å². The van der Waals surface area contributed by atoms with Crippen LogP contribution >= 0.6 is 11.6 Å². The standard InChI is InChI=1S/C31H26ClFN4O4/c1-17-11-19(16-41-28-10-9-20(33)13-25(28)32)18(2)23(12-17)29-24(15-34)31(35)36(26-7-4-8-27(38)30(26)29)21-5-3-6-22(14-21)37(39)40/h3,5-6,9-14,29H,4,7-8,16,35H2,1-2H3. The van der Waals surface area contributed by atoms with E-state index in [1.807, 2.05) is 26.0 Å². The molecule has 5 rings (SSSR count). The molecule has 8 nitrogen and oxygen atoms in total. The summed E-state index contributed by atoms with van der Waals surface area (Å²) in [6, 6.07) is 16.0. The van der Waals surface area contributed by atoms with Crippen LogP contribution in [0.15, 0.2) is 77.3 Å². The maximum Gasteiger partial charge on any atom is 0.271 e. The number of allylic oxidation sites excluding steroid dienone is 3. The molecule has 1 heterocycles. The summed E-state index contributed by atoms with van der Waals surface area (Å²) in [5.74, 6) is -0.824. The molecule has 0 spiro atoms. The van der Waals surface area contributed by atoms with Gasteiger partial charge < -0.3 is 10.5 Å². The first kappa shape index (κ1) is 27.9. The molecule has 0 bridgehead atoms. The summed E-state index contributed by atoms with van der Waals surface area (Å²) in [6.45, 7) is 3.93. The van der Waals surface area contributed by atoms with Gasteiger partial charge in [0.05, 0.1) is 33.2 Å². The zero-order chi connectivity index (χ0) is 29.4. The molecule has 0 radical (unpaired) electrons. The number of nitro groups is 1. The number of nitriles is 1. The zero-order valence-electron chi connectivity index (χ0n) is 22.4. The van der Waals surface area contributed by atoms with Crippen LogP contribution in [0, 0.1) is 41.1 Å². The zero-order valence-corrected chi connectivity index (χ0v) is 23.2. The lowest BCUT2D eigenvalue weighted by Crippen LogP contribution is -2.39. The van der Waals surface area contributed by atoms with E-state index in [1.165, 1.54) is 30.3 Å². The molecule has 1 aliphatic carbocycles. The molecule has 0 saturated heterocycles. The molecule has 2 N–H and O–H groups in total.